The minimum absolute atomic E-state index is 0.0839. The smallest absolute Gasteiger partial charge is 0.302 e. The number of hydrogen-bond acceptors (Lipinski definition) is 4. The average Bonchev–Trinajstić information content (AvgIpc) is 3.33. The fourth-order valence-corrected chi connectivity index (χ4v) is 11.2. The van der Waals surface area contributed by atoms with Crippen LogP contribution in [0.15, 0.2) is 11.6 Å². The van der Waals surface area contributed by atoms with Crippen molar-refractivity contribution in [2.24, 2.45) is 46.3 Å². The molecule has 4 aliphatic carbocycles. The Labute approximate surface area is 246 Å². The third-order valence-corrected chi connectivity index (χ3v) is 18.0. The first kappa shape index (κ1) is 30.8. The molecular weight excluding hydrogens is 512 g/mol. The lowest BCUT2D eigenvalue weighted by molar-refractivity contribution is -0.148. The molecule has 5 aliphatic rings. The van der Waals surface area contributed by atoms with E-state index in [1.165, 1.54) is 44.9 Å². The summed E-state index contributed by atoms with van der Waals surface area (Å²) in [5.41, 5.74) is 2.29. The number of hydrogen-bond donors (Lipinski definition) is 0. The van der Waals surface area contributed by atoms with E-state index < -0.39 is 8.32 Å². The third kappa shape index (κ3) is 5.32. The Hall–Kier alpha value is -0.653. The van der Waals surface area contributed by atoms with Crippen LogP contribution in [0.1, 0.15) is 113 Å². The van der Waals surface area contributed by atoms with Gasteiger partial charge in [0.1, 0.15) is 6.10 Å². The Morgan fingerprint density at radius 3 is 2.58 bits per heavy atom. The van der Waals surface area contributed by atoms with Gasteiger partial charge in [0.25, 0.3) is 0 Å². The SMILES string of the molecule is CC(=O)O[C@H]1CC[C@@]2(C)C(=CC[C@H]3[C@@H]4C[C@@H]5O[C@H](CC[C@@H](C)CO[Si](C)(C)C(C)(C)C)[C@@H](C)[C@@H]5[C@@]4(C)CC[C@@H]32)C1. The predicted molar refractivity (Wildman–Crippen MR) is 166 cm³/mol. The lowest BCUT2D eigenvalue weighted by Gasteiger charge is -2.58. The summed E-state index contributed by atoms with van der Waals surface area (Å²) in [4.78, 5) is 11.6. The van der Waals surface area contributed by atoms with Crippen molar-refractivity contribution in [2.75, 3.05) is 6.61 Å². The molecule has 0 radical (unpaired) electrons. The van der Waals surface area contributed by atoms with E-state index in [0.717, 1.165) is 37.2 Å². The summed E-state index contributed by atoms with van der Waals surface area (Å²) >= 11 is 0. The van der Waals surface area contributed by atoms with Gasteiger partial charge in [0.2, 0.25) is 0 Å². The first-order chi connectivity index (χ1) is 18.6. The molecule has 0 bridgehead atoms. The van der Waals surface area contributed by atoms with E-state index in [-0.39, 0.29) is 22.5 Å². The number of carbonyl (C=O) groups is 1. The van der Waals surface area contributed by atoms with E-state index >= 15 is 0 Å². The number of rotatable bonds is 7. The monoisotopic (exact) mass is 572 g/mol. The maximum absolute atomic E-state index is 11.6. The van der Waals surface area contributed by atoms with Gasteiger partial charge in [0.15, 0.2) is 8.32 Å². The Kier molecular flexibility index (Phi) is 8.32. The van der Waals surface area contributed by atoms with Crippen molar-refractivity contribution in [3.05, 3.63) is 11.6 Å². The second-order valence-corrected chi connectivity index (χ2v) is 21.7. The minimum Gasteiger partial charge on any atom is -0.462 e. The summed E-state index contributed by atoms with van der Waals surface area (Å²) in [6.07, 6.45) is 14.2. The Morgan fingerprint density at radius 1 is 1.18 bits per heavy atom. The third-order valence-electron chi connectivity index (χ3n) is 13.5. The molecule has 0 spiro atoms. The van der Waals surface area contributed by atoms with E-state index in [4.69, 9.17) is 13.9 Å². The lowest BCUT2D eigenvalue weighted by Crippen LogP contribution is -2.51. The van der Waals surface area contributed by atoms with Crippen molar-refractivity contribution in [2.45, 2.75) is 150 Å². The van der Waals surface area contributed by atoms with Crippen molar-refractivity contribution < 1.29 is 18.7 Å². The van der Waals surface area contributed by atoms with E-state index in [1.54, 1.807) is 12.5 Å². The first-order valence-electron chi connectivity index (χ1n) is 16.7. The highest BCUT2D eigenvalue weighted by molar-refractivity contribution is 6.74. The standard InChI is InChI=1S/C35H60O4Si/c1-22(21-37-40(9,10)33(4,5)6)11-14-30-23(2)32-31(39-30)20-29-27-13-12-25-19-26(38-24(3)36)15-17-34(25,7)28(27)16-18-35(29,32)8/h12,22-23,26-32H,11,13-21H2,1-10H3/t22-,23-,26+,27-,28+,29+,30-,31+,32+,34+,35+/m1/s1. The van der Waals surface area contributed by atoms with Crippen LogP contribution in [0.3, 0.4) is 0 Å². The molecule has 228 valence electrons. The highest BCUT2D eigenvalue weighted by Crippen LogP contribution is 2.69. The molecule has 1 saturated heterocycles. The summed E-state index contributed by atoms with van der Waals surface area (Å²) in [6.45, 7) is 24.3. The number of esters is 1. The van der Waals surface area contributed by atoms with Gasteiger partial charge in [0, 0.05) is 20.0 Å². The van der Waals surface area contributed by atoms with Gasteiger partial charge in [-0.15, -0.1) is 0 Å². The molecule has 5 heteroatoms. The molecule has 0 aromatic rings. The normalized spacial score (nSPS) is 43.7. The highest BCUT2D eigenvalue weighted by Gasteiger charge is 2.65. The molecule has 1 heterocycles. The van der Waals surface area contributed by atoms with Crippen LogP contribution in [0.4, 0.5) is 0 Å². The van der Waals surface area contributed by atoms with Crippen molar-refractivity contribution in [1.29, 1.82) is 0 Å². The Bertz CT molecular complexity index is 982. The lowest BCUT2D eigenvalue weighted by atomic mass is 9.47. The molecule has 4 nitrogen and oxygen atoms in total. The van der Waals surface area contributed by atoms with Crippen LogP contribution >= 0.6 is 0 Å². The fourth-order valence-electron chi connectivity index (χ4n) is 10.1. The van der Waals surface area contributed by atoms with Crippen LogP contribution in [0.5, 0.6) is 0 Å². The molecule has 0 aromatic carbocycles. The van der Waals surface area contributed by atoms with Crippen LogP contribution in [0.2, 0.25) is 18.1 Å². The highest BCUT2D eigenvalue weighted by atomic mass is 28.4. The van der Waals surface area contributed by atoms with Crippen LogP contribution in [-0.2, 0) is 18.7 Å². The van der Waals surface area contributed by atoms with Gasteiger partial charge < -0.3 is 13.9 Å². The maximum Gasteiger partial charge on any atom is 0.302 e. The molecule has 40 heavy (non-hydrogen) atoms. The van der Waals surface area contributed by atoms with Gasteiger partial charge in [-0.05, 0) is 116 Å². The number of fused-ring (bicyclic) bond motifs is 7. The topological polar surface area (TPSA) is 44.8 Å². The molecule has 0 aromatic heterocycles. The van der Waals surface area contributed by atoms with E-state index in [2.05, 4.69) is 67.6 Å². The van der Waals surface area contributed by atoms with E-state index in [1.807, 2.05) is 0 Å². The molecule has 0 amide bonds. The maximum atomic E-state index is 11.6. The second-order valence-electron chi connectivity index (χ2n) is 16.9. The van der Waals surface area contributed by atoms with Gasteiger partial charge in [-0.25, -0.2) is 0 Å². The van der Waals surface area contributed by atoms with Crippen molar-refractivity contribution in [3.63, 3.8) is 0 Å². The van der Waals surface area contributed by atoms with E-state index in [0.29, 0.717) is 35.4 Å². The molecule has 11 atom stereocenters. The van der Waals surface area contributed by atoms with Gasteiger partial charge >= 0.3 is 5.97 Å². The van der Waals surface area contributed by atoms with Crippen molar-refractivity contribution >= 4 is 14.3 Å². The zero-order valence-electron chi connectivity index (χ0n) is 27.5. The zero-order chi connectivity index (χ0) is 29.3. The Balaban J connectivity index is 1.20. The van der Waals surface area contributed by atoms with Gasteiger partial charge in [-0.2, -0.15) is 0 Å². The number of carbonyl (C=O) groups excluding carboxylic acids is 1. The molecule has 3 saturated carbocycles. The summed E-state index contributed by atoms with van der Waals surface area (Å²) in [5, 5.41) is 0.272. The van der Waals surface area contributed by atoms with Gasteiger partial charge in [-0.3, -0.25) is 4.79 Å². The summed E-state index contributed by atoms with van der Waals surface area (Å²) in [7, 11) is -1.69. The Morgan fingerprint density at radius 2 is 1.90 bits per heavy atom. The molecule has 0 unspecified atom stereocenters. The van der Waals surface area contributed by atoms with Crippen LogP contribution in [-0.4, -0.2) is 39.2 Å². The predicted octanol–water partition coefficient (Wildman–Crippen LogP) is 8.95. The van der Waals surface area contributed by atoms with Crippen molar-refractivity contribution in [1.82, 2.24) is 0 Å². The first-order valence-corrected chi connectivity index (χ1v) is 19.6. The molecule has 4 fully saturated rings. The quantitative estimate of drug-likeness (QED) is 0.173. The minimum atomic E-state index is -1.69. The van der Waals surface area contributed by atoms with Crippen LogP contribution in [0.25, 0.3) is 0 Å². The van der Waals surface area contributed by atoms with E-state index in [9.17, 15) is 4.79 Å². The second kappa shape index (κ2) is 10.8. The fraction of sp³-hybridized carbons (Fsp3) is 0.914. The molecule has 0 N–H and O–H groups in total. The molecule has 1 aliphatic heterocycles. The van der Waals surface area contributed by atoms with Crippen LogP contribution in [0, 0.1) is 46.3 Å². The average molecular weight is 573 g/mol. The van der Waals surface area contributed by atoms with Crippen LogP contribution < -0.4 is 0 Å². The van der Waals surface area contributed by atoms with Gasteiger partial charge in [-0.1, -0.05) is 60.1 Å². The largest absolute Gasteiger partial charge is 0.462 e. The van der Waals surface area contributed by atoms with Crippen molar-refractivity contribution in [3.8, 4) is 0 Å². The summed E-state index contributed by atoms with van der Waals surface area (Å²) in [5.74, 6) is 4.15. The molecular formula is C35H60O4Si. The zero-order valence-corrected chi connectivity index (χ0v) is 28.5. The summed E-state index contributed by atoms with van der Waals surface area (Å²) in [6, 6.07) is 0. The van der Waals surface area contributed by atoms with Gasteiger partial charge in [0.05, 0.1) is 12.2 Å². The summed E-state index contributed by atoms with van der Waals surface area (Å²) < 4.78 is 19.2. The number of ether oxygens (including phenoxy) is 2. The molecule has 5 rings (SSSR count). The number of allylic oxidation sites excluding steroid dienone is 1.